The first-order chi connectivity index (χ1) is 9.24. The Kier molecular flexibility index (Phi) is 3.95. The predicted molar refractivity (Wildman–Crippen MR) is 69.4 cm³/mol. The summed E-state index contributed by atoms with van der Waals surface area (Å²) in [7, 11) is 1.53. The van der Waals surface area contributed by atoms with Gasteiger partial charge < -0.3 is 10.1 Å². The summed E-state index contributed by atoms with van der Waals surface area (Å²) in [5.41, 5.74) is 0.972. The molecule has 1 heterocycles. The molecular weight excluding hydrogens is 268 g/mol. The van der Waals surface area contributed by atoms with E-state index in [0.717, 1.165) is 5.69 Å². The highest BCUT2D eigenvalue weighted by atomic mass is 35.5. The lowest BCUT2D eigenvalue weighted by atomic mass is 10.2. The Morgan fingerprint density at radius 2 is 2.42 bits per heavy atom. The molecule has 1 aromatic heterocycles. The molecule has 96 valence electrons. The molecule has 0 bridgehead atoms. The van der Waals surface area contributed by atoms with Crippen molar-refractivity contribution in [1.82, 2.24) is 20.6 Å². The second-order valence-corrected chi connectivity index (χ2v) is 3.81. The van der Waals surface area contributed by atoms with Crippen LogP contribution in [0.15, 0.2) is 24.4 Å². The normalized spacial score (nSPS) is 10.9. The summed E-state index contributed by atoms with van der Waals surface area (Å²) < 4.78 is 5.09. The maximum Gasteiger partial charge on any atom is 0.216 e. The highest BCUT2D eigenvalue weighted by Crippen LogP contribution is 2.27. The average Bonchev–Trinajstić information content (AvgIpc) is 2.95. The highest BCUT2D eigenvalue weighted by Gasteiger charge is 2.06. The summed E-state index contributed by atoms with van der Waals surface area (Å²) in [6.45, 7) is 0. The number of methoxy groups -OCH3 is 1. The second kappa shape index (κ2) is 5.84. The number of nitrogens with zero attached hydrogens (tertiary/aromatic N) is 4. The Bertz CT molecular complexity index is 631. The molecule has 0 saturated heterocycles. The number of rotatable bonds is 4. The van der Waals surface area contributed by atoms with Crippen LogP contribution in [0.4, 0.5) is 5.69 Å². The first-order valence-electron chi connectivity index (χ1n) is 5.18. The van der Waals surface area contributed by atoms with Gasteiger partial charge in [0.25, 0.3) is 0 Å². The van der Waals surface area contributed by atoms with Crippen molar-refractivity contribution in [2.45, 2.75) is 0 Å². The predicted octanol–water partition coefficient (Wildman–Crippen LogP) is 1.84. The Hall–Kier alpha value is -2.59. The maximum absolute atomic E-state index is 8.99. The van der Waals surface area contributed by atoms with Crippen LogP contribution in [0.1, 0.15) is 5.82 Å². The molecule has 8 heteroatoms. The number of allylic oxidation sites excluding steroid dienone is 1. The lowest BCUT2D eigenvalue weighted by molar-refractivity contribution is 0.415. The van der Waals surface area contributed by atoms with Gasteiger partial charge in [-0.25, -0.2) is 0 Å². The van der Waals surface area contributed by atoms with Gasteiger partial charge in [0, 0.05) is 18.0 Å². The number of H-pyrrole nitrogens is 1. The third kappa shape index (κ3) is 3.00. The Labute approximate surface area is 113 Å². The Morgan fingerprint density at radius 3 is 3.05 bits per heavy atom. The van der Waals surface area contributed by atoms with Gasteiger partial charge in [-0.3, -0.25) is 0 Å². The van der Waals surface area contributed by atoms with Crippen LogP contribution in [0.3, 0.4) is 0 Å². The van der Waals surface area contributed by atoms with Crippen molar-refractivity contribution in [2.75, 3.05) is 12.4 Å². The Balaban J connectivity index is 2.20. The zero-order valence-corrected chi connectivity index (χ0v) is 10.6. The first-order valence-corrected chi connectivity index (χ1v) is 5.56. The van der Waals surface area contributed by atoms with Crippen molar-refractivity contribution < 1.29 is 4.74 Å². The van der Waals surface area contributed by atoms with Gasteiger partial charge in [-0.15, -0.1) is 10.2 Å². The third-order valence-corrected chi connectivity index (χ3v) is 2.55. The third-order valence-electron chi connectivity index (χ3n) is 2.24. The topological polar surface area (TPSA) is 99.5 Å². The molecule has 2 rings (SSSR count). The molecule has 19 heavy (non-hydrogen) atoms. The van der Waals surface area contributed by atoms with E-state index in [1.54, 1.807) is 18.2 Å². The summed E-state index contributed by atoms with van der Waals surface area (Å²) in [5, 5.41) is 25.6. The molecule has 0 fully saturated rings. The van der Waals surface area contributed by atoms with Crippen LogP contribution in [0.5, 0.6) is 5.75 Å². The van der Waals surface area contributed by atoms with Gasteiger partial charge in [-0.1, -0.05) is 11.6 Å². The number of halogens is 1. The minimum absolute atomic E-state index is 0.218. The smallest absolute Gasteiger partial charge is 0.216 e. The van der Waals surface area contributed by atoms with Crippen LogP contribution in [-0.2, 0) is 0 Å². The van der Waals surface area contributed by atoms with E-state index in [1.807, 2.05) is 6.07 Å². The number of hydrogen-bond donors (Lipinski definition) is 2. The molecule has 2 aromatic rings. The molecule has 0 saturated carbocycles. The minimum Gasteiger partial charge on any atom is -0.495 e. The van der Waals surface area contributed by atoms with Gasteiger partial charge in [-0.2, -0.15) is 10.5 Å². The largest absolute Gasteiger partial charge is 0.495 e. The number of hydrogen-bond acceptors (Lipinski definition) is 6. The number of aromatic amines is 1. The van der Waals surface area contributed by atoms with Crippen molar-refractivity contribution in [3.05, 3.63) is 35.2 Å². The van der Waals surface area contributed by atoms with E-state index in [2.05, 4.69) is 25.9 Å². The van der Waals surface area contributed by atoms with E-state index in [4.69, 9.17) is 21.6 Å². The molecule has 0 aliphatic heterocycles. The minimum atomic E-state index is 0.218. The molecular formula is C11H9ClN6O. The van der Waals surface area contributed by atoms with Crippen molar-refractivity contribution in [2.24, 2.45) is 0 Å². The van der Waals surface area contributed by atoms with E-state index in [9.17, 15) is 0 Å². The fraction of sp³-hybridized carbons (Fsp3) is 0.0909. The standard InChI is InChI=1S/C11H9ClN6O/c1-19-10-4-8(2-3-9(10)12)14-6-7(5-13)11-15-17-18-16-11/h2-4,6,14H,1H3,(H,15,16,17,18). The number of ether oxygens (including phenoxy) is 1. The summed E-state index contributed by atoms with van der Waals surface area (Å²) in [5.74, 6) is 0.758. The lowest BCUT2D eigenvalue weighted by Gasteiger charge is -2.06. The highest BCUT2D eigenvalue weighted by molar-refractivity contribution is 6.32. The second-order valence-electron chi connectivity index (χ2n) is 3.40. The van der Waals surface area contributed by atoms with Gasteiger partial charge in [0.05, 0.1) is 12.1 Å². The van der Waals surface area contributed by atoms with Crippen LogP contribution in [0, 0.1) is 11.3 Å². The van der Waals surface area contributed by atoms with Gasteiger partial charge in [0.15, 0.2) is 0 Å². The summed E-state index contributed by atoms with van der Waals surface area (Å²) in [6.07, 6.45) is 1.48. The van der Waals surface area contributed by atoms with E-state index >= 15 is 0 Å². The van der Waals surface area contributed by atoms with Crippen molar-refractivity contribution in [1.29, 1.82) is 5.26 Å². The summed E-state index contributed by atoms with van der Waals surface area (Å²) in [4.78, 5) is 0. The fourth-order valence-electron chi connectivity index (χ4n) is 1.33. The lowest BCUT2D eigenvalue weighted by Crippen LogP contribution is -1.94. The first kappa shape index (κ1) is 12.9. The Morgan fingerprint density at radius 1 is 1.58 bits per heavy atom. The van der Waals surface area contributed by atoms with Crippen LogP contribution in [0.25, 0.3) is 5.57 Å². The van der Waals surface area contributed by atoms with E-state index in [-0.39, 0.29) is 11.4 Å². The number of benzene rings is 1. The van der Waals surface area contributed by atoms with Crippen LogP contribution >= 0.6 is 11.6 Å². The molecule has 2 N–H and O–H groups in total. The number of nitriles is 1. The van der Waals surface area contributed by atoms with Gasteiger partial charge in [0.1, 0.15) is 17.4 Å². The number of anilines is 1. The molecule has 0 amide bonds. The van der Waals surface area contributed by atoms with E-state index in [1.165, 1.54) is 13.3 Å². The number of nitrogens with one attached hydrogen (secondary N) is 2. The summed E-state index contributed by atoms with van der Waals surface area (Å²) in [6, 6.07) is 7.13. The van der Waals surface area contributed by atoms with Crippen LogP contribution < -0.4 is 10.1 Å². The molecule has 0 aliphatic rings. The SMILES string of the molecule is COc1cc(NC=C(C#N)c2nn[nH]n2)ccc1Cl. The molecule has 0 spiro atoms. The van der Waals surface area contributed by atoms with Crippen molar-refractivity contribution in [3.8, 4) is 11.8 Å². The zero-order chi connectivity index (χ0) is 13.7. The number of aromatic nitrogens is 4. The van der Waals surface area contributed by atoms with Crippen molar-refractivity contribution in [3.63, 3.8) is 0 Å². The van der Waals surface area contributed by atoms with Gasteiger partial charge in [-0.05, 0) is 17.3 Å². The quantitative estimate of drug-likeness (QED) is 0.827. The molecule has 7 nitrogen and oxygen atoms in total. The van der Waals surface area contributed by atoms with Gasteiger partial charge in [0.2, 0.25) is 5.82 Å². The van der Waals surface area contributed by atoms with Crippen LogP contribution in [0.2, 0.25) is 5.02 Å². The molecule has 1 aromatic carbocycles. The maximum atomic E-state index is 8.99. The fourth-order valence-corrected chi connectivity index (χ4v) is 1.52. The van der Waals surface area contributed by atoms with Crippen molar-refractivity contribution >= 4 is 22.9 Å². The average molecular weight is 277 g/mol. The molecule has 0 atom stereocenters. The van der Waals surface area contributed by atoms with E-state index in [0.29, 0.717) is 10.8 Å². The molecule has 0 unspecified atom stereocenters. The summed E-state index contributed by atoms with van der Waals surface area (Å²) >= 11 is 5.91. The zero-order valence-electron chi connectivity index (χ0n) is 9.88. The molecule has 0 radical (unpaired) electrons. The van der Waals surface area contributed by atoms with Crippen LogP contribution in [-0.4, -0.2) is 27.7 Å². The van der Waals surface area contributed by atoms with Gasteiger partial charge >= 0.3 is 0 Å². The monoisotopic (exact) mass is 276 g/mol. The molecule has 0 aliphatic carbocycles. The van der Waals surface area contributed by atoms with E-state index < -0.39 is 0 Å². The number of tetrazole rings is 1.